The second-order valence-corrected chi connectivity index (χ2v) is 6.96. The molecule has 0 saturated heterocycles. The maximum Gasteiger partial charge on any atom is 0.274 e. The number of thiazole rings is 1. The third-order valence-electron chi connectivity index (χ3n) is 4.34. The Morgan fingerprint density at radius 2 is 2.27 bits per heavy atom. The van der Waals surface area contributed by atoms with E-state index >= 15 is 0 Å². The standard InChI is InChI=1S/C16H22N4OS/c1-5-14-17-10(2)15(22-14)11(3)19(4)16(21)12-9-20-8-6-7-13(20)18-12/h9,11H,5-8H2,1-4H3. The average Bonchev–Trinajstić information content (AvgIpc) is 3.18. The summed E-state index contributed by atoms with van der Waals surface area (Å²) in [6.07, 6.45) is 4.93. The van der Waals surface area contributed by atoms with E-state index in [1.54, 1.807) is 16.2 Å². The van der Waals surface area contributed by atoms with Gasteiger partial charge in [0.1, 0.15) is 11.5 Å². The highest BCUT2D eigenvalue weighted by Gasteiger charge is 2.26. The largest absolute Gasteiger partial charge is 0.334 e. The topological polar surface area (TPSA) is 51.0 Å². The number of nitrogens with zero attached hydrogens (tertiary/aromatic N) is 4. The van der Waals surface area contributed by atoms with Crippen LogP contribution in [0.5, 0.6) is 0 Å². The second kappa shape index (κ2) is 5.83. The van der Waals surface area contributed by atoms with Gasteiger partial charge in [-0.1, -0.05) is 6.92 Å². The molecular weight excluding hydrogens is 296 g/mol. The predicted molar refractivity (Wildman–Crippen MR) is 87.3 cm³/mol. The first-order valence-corrected chi connectivity index (χ1v) is 8.62. The van der Waals surface area contributed by atoms with E-state index in [1.807, 2.05) is 20.2 Å². The Morgan fingerprint density at radius 1 is 1.50 bits per heavy atom. The van der Waals surface area contributed by atoms with Crippen molar-refractivity contribution in [3.8, 4) is 0 Å². The molecule has 0 saturated carbocycles. The number of aryl methyl sites for hydroxylation is 4. The van der Waals surface area contributed by atoms with Crippen molar-refractivity contribution in [1.82, 2.24) is 19.4 Å². The van der Waals surface area contributed by atoms with E-state index in [0.29, 0.717) is 5.69 Å². The van der Waals surface area contributed by atoms with Crippen molar-refractivity contribution in [2.45, 2.75) is 52.6 Å². The van der Waals surface area contributed by atoms with Gasteiger partial charge in [-0.15, -0.1) is 11.3 Å². The van der Waals surface area contributed by atoms with Crippen LogP contribution in [0.15, 0.2) is 6.20 Å². The summed E-state index contributed by atoms with van der Waals surface area (Å²) in [4.78, 5) is 24.7. The molecule has 1 unspecified atom stereocenters. The molecule has 1 amide bonds. The number of hydrogen-bond donors (Lipinski definition) is 0. The fourth-order valence-corrected chi connectivity index (χ4v) is 4.00. The van der Waals surface area contributed by atoms with E-state index < -0.39 is 0 Å². The van der Waals surface area contributed by atoms with Crippen molar-refractivity contribution in [2.75, 3.05) is 7.05 Å². The van der Waals surface area contributed by atoms with Crippen LogP contribution in [0.4, 0.5) is 0 Å². The minimum Gasteiger partial charge on any atom is -0.334 e. The van der Waals surface area contributed by atoms with E-state index in [2.05, 4.69) is 28.4 Å². The van der Waals surface area contributed by atoms with Gasteiger partial charge in [0.25, 0.3) is 5.91 Å². The molecule has 0 spiro atoms. The maximum atomic E-state index is 12.7. The van der Waals surface area contributed by atoms with Crippen molar-refractivity contribution < 1.29 is 4.79 Å². The molecule has 118 valence electrons. The normalized spacial score (nSPS) is 14.9. The molecule has 3 heterocycles. The van der Waals surface area contributed by atoms with Crippen molar-refractivity contribution in [3.05, 3.63) is 33.3 Å². The van der Waals surface area contributed by atoms with Crippen molar-refractivity contribution in [1.29, 1.82) is 0 Å². The highest BCUT2D eigenvalue weighted by molar-refractivity contribution is 7.11. The van der Waals surface area contributed by atoms with Crippen LogP contribution in [0.25, 0.3) is 0 Å². The number of amides is 1. The zero-order valence-electron chi connectivity index (χ0n) is 13.6. The number of rotatable bonds is 4. The number of imidazole rings is 1. The molecule has 2 aromatic rings. The smallest absolute Gasteiger partial charge is 0.274 e. The van der Waals surface area contributed by atoms with E-state index in [4.69, 9.17) is 0 Å². The molecule has 1 aliphatic heterocycles. The van der Waals surface area contributed by atoms with Crippen LogP contribution in [0, 0.1) is 6.92 Å². The van der Waals surface area contributed by atoms with Crippen LogP contribution in [0.3, 0.4) is 0 Å². The molecule has 0 N–H and O–H groups in total. The van der Waals surface area contributed by atoms with Crippen LogP contribution >= 0.6 is 11.3 Å². The minimum atomic E-state index is -0.0137. The van der Waals surface area contributed by atoms with Gasteiger partial charge in [0.2, 0.25) is 0 Å². The van der Waals surface area contributed by atoms with Gasteiger partial charge in [0.15, 0.2) is 0 Å². The molecule has 1 aliphatic rings. The van der Waals surface area contributed by atoms with Gasteiger partial charge < -0.3 is 9.47 Å². The summed E-state index contributed by atoms with van der Waals surface area (Å²) in [7, 11) is 1.85. The van der Waals surface area contributed by atoms with Crippen LogP contribution in [0.1, 0.15) is 58.2 Å². The Balaban J connectivity index is 1.80. The van der Waals surface area contributed by atoms with Crippen LogP contribution in [0.2, 0.25) is 0 Å². The SMILES string of the molecule is CCc1nc(C)c(C(C)N(C)C(=O)c2cn3c(n2)CCC3)s1. The van der Waals surface area contributed by atoms with Gasteiger partial charge in [-0.2, -0.15) is 0 Å². The third kappa shape index (κ3) is 2.56. The summed E-state index contributed by atoms with van der Waals surface area (Å²) in [5.74, 6) is 1.02. The van der Waals surface area contributed by atoms with E-state index in [9.17, 15) is 4.79 Å². The van der Waals surface area contributed by atoms with Crippen LogP contribution in [-0.4, -0.2) is 32.4 Å². The first kappa shape index (κ1) is 15.2. The van der Waals surface area contributed by atoms with Gasteiger partial charge in [-0.3, -0.25) is 4.79 Å². The number of carbonyl (C=O) groups is 1. The average molecular weight is 318 g/mol. The van der Waals surface area contributed by atoms with Crippen LogP contribution in [-0.2, 0) is 19.4 Å². The summed E-state index contributed by atoms with van der Waals surface area (Å²) in [6.45, 7) is 7.16. The lowest BCUT2D eigenvalue weighted by atomic mass is 10.2. The fourth-order valence-electron chi connectivity index (χ4n) is 2.89. The predicted octanol–water partition coefficient (Wildman–Crippen LogP) is 2.99. The van der Waals surface area contributed by atoms with E-state index in [1.165, 1.54) is 4.88 Å². The monoisotopic (exact) mass is 318 g/mol. The molecule has 0 bridgehead atoms. The minimum absolute atomic E-state index is 0.0137. The molecule has 0 radical (unpaired) electrons. The molecule has 0 aliphatic carbocycles. The summed E-state index contributed by atoms with van der Waals surface area (Å²) >= 11 is 1.70. The Morgan fingerprint density at radius 3 is 2.91 bits per heavy atom. The Hall–Kier alpha value is -1.69. The highest BCUT2D eigenvalue weighted by Crippen LogP contribution is 2.29. The fraction of sp³-hybridized carbons (Fsp3) is 0.562. The first-order chi connectivity index (χ1) is 10.5. The quantitative estimate of drug-likeness (QED) is 0.871. The maximum absolute atomic E-state index is 12.7. The van der Waals surface area contributed by atoms with E-state index in [0.717, 1.165) is 42.3 Å². The molecule has 5 nitrogen and oxygen atoms in total. The zero-order valence-corrected chi connectivity index (χ0v) is 14.4. The molecule has 2 aromatic heterocycles. The first-order valence-electron chi connectivity index (χ1n) is 7.80. The molecular formula is C16H22N4OS. The molecule has 22 heavy (non-hydrogen) atoms. The molecule has 6 heteroatoms. The van der Waals surface area contributed by atoms with Crippen molar-refractivity contribution >= 4 is 17.2 Å². The van der Waals surface area contributed by atoms with Crippen LogP contribution < -0.4 is 0 Å². The summed E-state index contributed by atoms with van der Waals surface area (Å²) in [6, 6.07) is 0.0156. The second-order valence-electron chi connectivity index (χ2n) is 5.84. The summed E-state index contributed by atoms with van der Waals surface area (Å²) in [5.41, 5.74) is 1.59. The lowest BCUT2D eigenvalue weighted by Crippen LogP contribution is -2.30. The lowest BCUT2D eigenvalue weighted by Gasteiger charge is -2.23. The van der Waals surface area contributed by atoms with Gasteiger partial charge >= 0.3 is 0 Å². The highest BCUT2D eigenvalue weighted by atomic mass is 32.1. The van der Waals surface area contributed by atoms with Gasteiger partial charge in [-0.25, -0.2) is 9.97 Å². The number of fused-ring (bicyclic) bond motifs is 1. The van der Waals surface area contributed by atoms with Crippen molar-refractivity contribution in [2.24, 2.45) is 0 Å². The Bertz CT molecular complexity index is 682. The number of carbonyl (C=O) groups excluding carboxylic acids is 1. The van der Waals surface area contributed by atoms with Gasteiger partial charge in [0.05, 0.1) is 16.7 Å². The zero-order chi connectivity index (χ0) is 15.9. The summed E-state index contributed by atoms with van der Waals surface area (Å²) < 4.78 is 2.10. The third-order valence-corrected chi connectivity index (χ3v) is 5.81. The lowest BCUT2D eigenvalue weighted by molar-refractivity contribution is 0.0739. The molecule has 0 aromatic carbocycles. The van der Waals surface area contributed by atoms with Gasteiger partial charge in [-0.05, 0) is 26.7 Å². The van der Waals surface area contributed by atoms with Gasteiger partial charge in [0, 0.05) is 31.1 Å². The summed E-state index contributed by atoms with van der Waals surface area (Å²) in [5, 5.41) is 1.13. The van der Waals surface area contributed by atoms with Crippen molar-refractivity contribution in [3.63, 3.8) is 0 Å². The Kier molecular flexibility index (Phi) is 4.04. The molecule has 1 atom stereocenters. The number of aromatic nitrogens is 3. The molecule has 3 rings (SSSR count). The number of hydrogen-bond acceptors (Lipinski definition) is 4. The Labute approximate surface area is 135 Å². The van der Waals surface area contributed by atoms with E-state index in [-0.39, 0.29) is 11.9 Å². The molecule has 0 fully saturated rings.